The highest BCUT2D eigenvalue weighted by Crippen LogP contribution is 2.18. The average molecular weight is 799 g/mol. The first-order valence-electron chi connectivity index (χ1n) is 24.3. The van der Waals surface area contributed by atoms with Gasteiger partial charge in [-0.05, 0) is 33.6 Å². The van der Waals surface area contributed by atoms with Crippen LogP contribution in [-0.2, 0) is 18.9 Å². The number of unbranched alkanes of at least 4 members (excludes halogenated alkanes) is 30. The zero-order valence-corrected chi connectivity index (χ0v) is 38.2. The Balaban J connectivity index is 0.00000113. The zero-order chi connectivity index (χ0) is 41.2. The van der Waals surface area contributed by atoms with Gasteiger partial charge in [-0.15, -0.1) is 0 Å². The number of nitrogens with two attached hydrogens (primary N) is 1. The van der Waals surface area contributed by atoms with Crippen molar-refractivity contribution in [3.63, 3.8) is 0 Å². The van der Waals surface area contributed by atoms with Crippen molar-refractivity contribution >= 4 is 6.09 Å². The molecular formula is C48H98N2O6. The van der Waals surface area contributed by atoms with Gasteiger partial charge in [0.2, 0.25) is 0 Å². The van der Waals surface area contributed by atoms with Crippen LogP contribution in [0.3, 0.4) is 0 Å². The lowest BCUT2D eigenvalue weighted by molar-refractivity contribution is 0.00720. The fraction of sp³-hybridized carbons (Fsp3) is 0.979. The van der Waals surface area contributed by atoms with Crippen LogP contribution in [0.5, 0.6) is 0 Å². The van der Waals surface area contributed by atoms with Crippen LogP contribution in [0.2, 0.25) is 0 Å². The minimum Gasteiger partial charge on any atom is -0.444 e. The Morgan fingerprint density at radius 1 is 0.607 bits per heavy atom. The van der Waals surface area contributed by atoms with Gasteiger partial charge in [0.15, 0.2) is 0 Å². The van der Waals surface area contributed by atoms with Crippen molar-refractivity contribution in [2.75, 3.05) is 46.4 Å². The van der Waals surface area contributed by atoms with Gasteiger partial charge in [0.25, 0.3) is 0 Å². The summed E-state index contributed by atoms with van der Waals surface area (Å²) in [5, 5.41) is 8.77. The van der Waals surface area contributed by atoms with E-state index in [0.29, 0.717) is 26.6 Å². The zero-order valence-electron chi connectivity index (χ0n) is 38.2. The Bertz CT molecular complexity index is 794. The largest absolute Gasteiger partial charge is 0.444 e. The fourth-order valence-corrected chi connectivity index (χ4v) is 7.15. The Kier molecular flexibility index (Phi) is 41.5. The number of carbonyl (C=O) groups excluding carboxylic acids is 1. The molecule has 0 aromatic heterocycles. The number of hydrogen-bond acceptors (Lipinski definition) is 7. The van der Waals surface area contributed by atoms with Crippen LogP contribution in [-0.4, -0.2) is 80.2 Å². The van der Waals surface area contributed by atoms with E-state index < -0.39 is 5.60 Å². The highest BCUT2D eigenvalue weighted by Gasteiger charge is 2.33. The quantitative estimate of drug-likeness (QED) is 0.0597. The van der Waals surface area contributed by atoms with Crippen molar-refractivity contribution in [3.05, 3.63) is 0 Å². The van der Waals surface area contributed by atoms with E-state index in [-0.39, 0.29) is 24.8 Å². The summed E-state index contributed by atoms with van der Waals surface area (Å²) in [6, 6.07) is -0.253. The van der Waals surface area contributed by atoms with E-state index in [9.17, 15) is 4.79 Å². The lowest BCUT2D eigenvalue weighted by Crippen LogP contribution is -2.42. The van der Waals surface area contributed by atoms with Crippen LogP contribution >= 0.6 is 0 Å². The van der Waals surface area contributed by atoms with Gasteiger partial charge in [-0.3, -0.25) is 4.90 Å². The SMILES string of the molecule is CCCCCCCCCCCCCCCCCCOC[C@@H](N)CO.CCCCCCCCCCCCCCCCCCOC[C@@H]1COCN1C(=O)OC(C)(C)C. The van der Waals surface area contributed by atoms with Crippen molar-refractivity contribution in [2.24, 2.45) is 5.73 Å². The third kappa shape index (κ3) is 39.9. The number of aliphatic hydroxyl groups excluding tert-OH is 1. The van der Waals surface area contributed by atoms with E-state index in [0.717, 1.165) is 26.1 Å². The summed E-state index contributed by atoms with van der Waals surface area (Å²) in [6.45, 7) is 13.6. The molecule has 0 radical (unpaired) electrons. The molecule has 1 aliphatic heterocycles. The number of amides is 1. The van der Waals surface area contributed by atoms with Gasteiger partial charge in [-0.25, -0.2) is 4.79 Å². The summed E-state index contributed by atoms with van der Waals surface area (Å²) in [7, 11) is 0. The summed E-state index contributed by atoms with van der Waals surface area (Å²) in [5.74, 6) is 0. The Hall–Kier alpha value is -0.930. The molecule has 0 spiro atoms. The standard InChI is InChI=1S/C27H53NO4.C21H45NO2/c1-5-6-7-8-9-10-11-12-13-14-15-16-17-18-19-20-21-30-22-25-23-31-24-28(25)26(29)32-27(2,3)4;1-2-3-4-5-6-7-8-9-10-11-12-13-14-15-16-17-18-24-20-21(22)19-23/h25H,5-24H2,1-4H3;21,23H,2-20,22H2,1H3/t25-;21-/m10/s1. The van der Waals surface area contributed by atoms with Crippen molar-refractivity contribution in [3.8, 4) is 0 Å². The predicted molar refractivity (Wildman–Crippen MR) is 238 cm³/mol. The third-order valence-corrected chi connectivity index (χ3v) is 10.8. The second-order valence-corrected chi connectivity index (χ2v) is 17.8. The lowest BCUT2D eigenvalue weighted by Gasteiger charge is -2.27. The molecule has 1 amide bonds. The van der Waals surface area contributed by atoms with Crippen LogP contribution in [0.1, 0.15) is 240 Å². The first-order chi connectivity index (χ1) is 27.2. The molecule has 0 aromatic rings. The molecular weight excluding hydrogens is 701 g/mol. The van der Waals surface area contributed by atoms with Crippen LogP contribution < -0.4 is 5.73 Å². The van der Waals surface area contributed by atoms with Crippen molar-refractivity contribution < 1.29 is 28.8 Å². The highest BCUT2D eigenvalue weighted by molar-refractivity contribution is 5.68. The summed E-state index contributed by atoms with van der Waals surface area (Å²) in [4.78, 5) is 13.9. The molecule has 1 fully saturated rings. The monoisotopic (exact) mass is 799 g/mol. The van der Waals surface area contributed by atoms with Gasteiger partial charge in [0.1, 0.15) is 12.3 Å². The molecule has 336 valence electrons. The maximum atomic E-state index is 12.2. The first kappa shape index (κ1) is 55.1. The molecule has 1 saturated heterocycles. The predicted octanol–water partition coefficient (Wildman–Crippen LogP) is 13.4. The molecule has 56 heavy (non-hydrogen) atoms. The minimum atomic E-state index is -0.487. The number of hydrogen-bond donors (Lipinski definition) is 2. The van der Waals surface area contributed by atoms with Crippen LogP contribution in [0.15, 0.2) is 0 Å². The number of rotatable bonds is 39. The number of nitrogens with zero attached hydrogens (tertiary/aromatic N) is 1. The van der Waals surface area contributed by atoms with Crippen LogP contribution in [0.4, 0.5) is 4.79 Å². The van der Waals surface area contributed by atoms with Crippen LogP contribution in [0, 0.1) is 0 Å². The fourth-order valence-electron chi connectivity index (χ4n) is 7.15. The molecule has 3 N–H and O–H groups in total. The molecule has 0 saturated carbocycles. The average Bonchev–Trinajstić information content (AvgIpc) is 3.65. The van der Waals surface area contributed by atoms with Gasteiger partial charge >= 0.3 is 6.09 Å². The van der Waals surface area contributed by atoms with E-state index in [1.54, 1.807) is 4.90 Å². The highest BCUT2D eigenvalue weighted by atomic mass is 16.6. The van der Waals surface area contributed by atoms with E-state index in [2.05, 4.69) is 13.8 Å². The molecule has 0 bridgehead atoms. The molecule has 0 aliphatic carbocycles. The van der Waals surface area contributed by atoms with Gasteiger partial charge in [-0.1, -0.05) is 206 Å². The Morgan fingerprint density at radius 2 is 0.946 bits per heavy atom. The third-order valence-electron chi connectivity index (χ3n) is 10.8. The molecule has 8 nitrogen and oxygen atoms in total. The Labute approximate surface area is 348 Å². The summed E-state index contributed by atoms with van der Waals surface area (Å²) < 4.78 is 22.1. The maximum absolute atomic E-state index is 12.2. The lowest BCUT2D eigenvalue weighted by atomic mass is 10.0. The van der Waals surface area contributed by atoms with Crippen LogP contribution in [0.25, 0.3) is 0 Å². The number of ether oxygens (including phenoxy) is 4. The summed E-state index contributed by atoms with van der Waals surface area (Å²) in [5.41, 5.74) is 5.08. The summed E-state index contributed by atoms with van der Waals surface area (Å²) >= 11 is 0. The molecule has 1 aliphatic rings. The number of aliphatic hydroxyl groups is 1. The molecule has 0 aromatic carbocycles. The van der Waals surface area contributed by atoms with Gasteiger partial charge in [-0.2, -0.15) is 0 Å². The van der Waals surface area contributed by atoms with E-state index in [1.807, 2.05) is 20.8 Å². The summed E-state index contributed by atoms with van der Waals surface area (Å²) in [6.07, 6.45) is 43.9. The van der Waals surface area contributed by atoms with Crippen molar-refractivity contribution in [2.45, 2.75) is 258 Å². The minimum absolute atomic E-state index is 0.0129. The normalized spacial score (nSPS) is 14.9. The molecule has 2 atom stereocenters. The maximum Gasteiger partial charge on any atom is 0.412 e. The molecule has 0 unspecified atom stereocenters. The molecule has 1 heterocycles. The first-order valence-corrected chi connectivity index (χ1v) is 24.3. The Morgan fingerprint density at radius 3 is 1.29 bits per heavy atom. The van der Waals surface area contributed by atoms with Crippen molar-refractivity contribution in [1.82, 2.24) is 4.90 Å². The van der Waals surface area contributed by atoms with Crippen molar-refractivity contribution in [1.29, 1.82) is 0 Å². The second-order valence-electron chi connectivity index (χ2n) is 17.8. The van der Waals surface area contributed by atoms with Gasteiger partial charge in [0, 0.05) is 13.2 Å². The van der Waals surface area contributed by atoms with E-state index in [1.165, 1.54) is 193 Å². The molecule has 1 rings (SSSR count). The van der Waals surface area contributed by atoms with Gasteiger partial charge in [0.05, 0.1) is 38.5 Å². The second kappa shape index (κ2) is 42.2. The smallest absolute Gasteiger partial charge is 0.412 e. The topological polar surface area (TPSA) is 103 Å². The molecule has 8 heteroatoms. The van der Waals surface area contributed by atoms with Gasteiger partial charge < -0.3 is 29.8 Å². The van der Waals surface area contributed by atoms with E-state index in [4.69, 9.17) is 29.8 Å². The number of carbonyl (C=O) groups is 1. The van der Waals surface area contributed by atoms with E-state index >= 15 is 0 Å².